The third kappa shape index (κ3) is 4.62. The molecule has 3 aliphatic rings. The Morgan fingerprint density at radius 3 is 2.32 bits per heavy atom. The van der Waals surface area contributed by atoms with E-state index in [0.29, 0.717) is 49.1 Å². The van der Waals surface area contributed by atoms with E-state index in [1.807, 2.05) is 17.9 Å². The number of benzene rings is 1. The van der Waals surface area contributed by atoms with E-state index < -0.39 is 12.1 Å². The summed E-state index contributed by atoms with van der Waals surface area (Å²) in [6.45, 7) is 3.94. The number of likely N-dealkylation sites (tertiary alicyclic amines) is 2. The van der Waals surface area contributed by atoms with E-state index in [-0.39, 0.29) is 29.1 Å². The largest absolute Gasteiger partial charge is 0.465 e. The van der Waals surface area contributed by atoms with Crippen molar-refractivity contribution in [2.45, 2.75) is 44.6 Å². The molecule has 0 spiro atoms. The zero-order chi connectivity index (χ0) is 22.3. The van der Waals surface area contributed by atoms with Crippen molar-refractivity contribution in [3.63, 3.8) is 0 Å². The lowest BCUT2D eigenvalue weighted by atomic mass is 9.93. The molecule has 31 heavy (non-hydrogen) atoms. The van der Waals surface area contributed by atoms with Gasteiger partial charge in [-0.25, -0.2) is 4.79 Å². The smallest absolute Gasteiger partial charge is 0.404 e. The molecule has 1 aromatic carbocycles. The van der Waals surface area contributed by atoms with E-state index in [2.05, 4.69) is 5.32 Å². The van der Waals surface area contributed by atoms with E-state index in [0.717, 1.165) is 18.4 Å². The summed E-state index contributed by atoms with van der Waals surface area (Å²) in [5, 5.41) is 12.6. The van der Waals surface area contributed by atoms with E-state index in [1.54, 1.807) is 17.0 Å². The topological polar surface area (TPSA) is 90.0 Å². The molecule has 0 bridgehead atoms. The minimum absolute atomic E-state index is 0.0319. The third-order valence-corrected chi connectivity index (χ3v) is 7.70. The summed E-state index contributed by atoms with van der Waals surface area (Å²) >= 11 is 12.2. The third-order valence-electron chi connectivity index (χ3n) is 6.96. The Morgan fingerprint density at radius 2 is 1.74 bits per heavy atom. The van der Waals surface area contributed by atoms with Gasteiger partial charge in [0.25, 0.3) is 0 Å². The fourth-order valence-electron chi connectivity index (χ4n) is 4.74. The summed E-state index contributed by atoms with van der Waals surface area (Å²) in [6.07, 6.45) is 2.07. The predicted octanol–water partition coefficient (Wildman–Crippen LogP) is 3.59. The molecule has 2 heterocycles. The number of hydrogen-bond acceptors (Lipinski definition) is 3. The maximum Gasteiger partial charge on any atom is 0.404 e. The standard InChI is InChI=1S/C22H27Cl2N3O4/c1-22(6-7-22)20(29)26-8-4-13(5-9-26)19(28)27-11-15(18(12-27)25-21(30)31)14-2-3-16(23)17(24)10-14/h2-3,10,13,15,18,25H,4-9,11-12H2,1H3,(H,30,31)/t15-,18+/m1/s1. The number of amides is 3. The summed E-state index contributed by atoms with van der Waals surface area (Å²) in [7, 11) is 0. The molecule has 1 aliphatic carbocycles. The van der Waals surface area contributed by atoms with Crippen molar-refractivity contribution < 1.29 is 19.5 Å². The zero-order valence-corrected chi connectivity index (χ0v) is 19.0. The number of halogens is 2. The average Bonchev–Trinajstić information content (AvgIpc) is 3.36. The van der Waals surface area contributed by atoms with Crippen LogP contribution >= 0.6 is 23.2 Å². The minimum Gasteiger partial charge on any atom is -0.465 e. The second-order valence-corrected chi connectivity index (χ2v) is 10.0. The van der Waals surface area contributed by atoms with Gasteiger partial charge in [0.15, 0.2) is 0 Å². The highest BCUT2D eigenvalue weighted by atomic mass is 35.5. The highest BCUT2D eigenvalue weighted by Crippen LogP contribution is 2.47. The maximum absolute atomic E-state index is 13.2. The first-order valence-electron chi connectivity index (χ1n) is 10.7. The Labute approximate surface area is 191 Å². The molecule has 3 amide bonds. The fourth-order valence-corrected chi connectivity index (χ4v) is 5.05. The molecule has 168 valence electrons. The molecule has 7 nitrogen and oxygen atoms in total. The van der Waals surface area contributed by atoms with Gasteiger partial charge in [-0.3, -0.25) is 9.59 Å². The van der Waals surface area contributed by atoms with Gasteiger partial charge >= 0.3 is 6.09 Å². The van der Waals surface area contributed by atoms with Gasteiger partial charge < -0.3 is 20.2 Å². The fraction of sp³-hybridized carbons (Fsp3) is 0.591. The van der Waals surface area contributed by atoms with Gasteiger partial charge in [0.05, 0.1) is 16.1 Å². The quantitative estimate of drug-likeness (QED) is 0.707. The van der Waals surface area contributed by atoms with Crippen LogP contribution in [-0.2, 0) is 9.59 Å². The van der Waals surface area contributed by atoms with E-state index in [1.165, 1.54) is 0 Å². The summed E-state index contributed by atoms with van der Waals surface area (Å²) in [5.41, 5.74) is 0.663. The Balaban J connectivity index is 1.42. The molecule has 0 aromatic heterocycles. The van der Waals surface area contributed by atoms with Crippen LogP contribution in [0.2, 0.25) is 10.0 Å². The molecule has 4 rings (SSSR count). The van der Waals surface area contributed by atoms with Crippen LogP contribution in [0.4, 0.5) is 4.79 Å². The highest BCUT2D eigenvalue weighted by Gasteiger charge is 2.48. The van der Waals surface area contributed by atoms with Crippen LogP contribution in [0.5, 0.6) is 0 Å². The lowest BCUT2D eigenvalue weighted by Gasteiger charge is -2.34. The van der Waals surface area contributed by atoms with Crippen LogP contribution in [-0.4, -0.2) is 65.0 Å². The molecule has 2 aliphatic heterocycles. The molecule has 2 N–H and O–H groups in total. The lowest BCUT2D eigenvalue weighted by Crippen LogP contribution is -2.46. The lowest BCUT2D eigenvalue weighted by molar-refractivity contribution is -0.142. The molecule has 1 saturated carbocycles. The molecule has 0 unspecified atom stereocenters. The van der Waals surface area contributed by atoms with Gasteiger partial charge in [0.1, 0.15) is 0 Å². The number of carboxylic acid groups (broad SMARTS) is 1. The molecule has 2 saturated heterocycles. The number of nitrogens with zero attached hydrogens (tertiary/aromatic N) is 2. The number of carbonyl (C=O) groups excluding carboxylic acids is 2. The van der Waals surface area contributed by atoms with Gasteiger partial charge in [-0.05, 0) is 43.4 Å². The van der Waals surface area contributed by atoms with Gasteiger partial charge in [-0.15, -0.1) is 0 Å². The molecule has 9 heteroatoms. The SMILES string of the molecule is CC1(C(=O)N2CCC(C(=O)N3C[C@H](NC(=O)O)[C@@H](c4ccc(Cl)c(Cl)c4)C3)CC2)CC1. The summed E-state index contributed by atoms with van der Waals surface area (Å²) < 4.78 is 0. The highest BCUT2D eigenvalue weighted by molar-refractivity contribution is 6.42. The number of piperidine rings is 1. The van der Waals surface area contributed by atoms with Crippen molar-refractivity contribution in [1.82, 2.24) is 15.1 Å². The summed E-state index contributed by atoms with van der Waals surface area (Å²) in [6, 6.07) is 4.83. The van der Waals surface area contributed by atoms with Crippen molar-refractivity contribution in [2.24, 2.45) is 11.3 Å². The Kier molecular flexibility index (Phi) is 6.10. The van der Waals surface area contributed by atoms with Crippen LogP contribution in [0.1, 0.15) is 44.1 Å². The zero-order valence-electron chi connectivity index (χ0n) is 17.4. The predicted molar refractivity (Wildman–Crippen MR) is 117 cm³/mol. The van der Waals surface area contributed by atoms with Crippen LogP contribution < -0.4 is 5.32 Å². The van der Waals surface area contributed by atoms with Crippen LogP contribution in [0, 0.1) is 11.3 Å². The van der Waals surface area contributed by atoms with E-state index >= 15 is 0 Å². The first kappa shape index (κ1) is 22.2. The molecular weight excluding hydrogens is 441 g/mol. The van der Waals surface area contributed by atoms with E-state index in [4.69, 9.17) is 23.2 Å². The van der Waals surface area contributed by atoms with Gasteiger partial charge in [-0.2, -0.15) is 0 Å². The molecule has 3 fully saturated rings. The van der Waals surface area contributed by atoms with Gasteiger partial charge in [-0.1, -0.05) is 36.2 Å². The Bertz CT molecular complexity index is 897. The van der Waals surface area contributed by atoms with E-state index in [9.17, 15) is 19.5 Å². The van der Waals surface area contributed by atoms with Crippen LogP contribution in [0.25, 0.3) is 0 Å². The van der Waals surface area contributed by atoms with Crippen molar-refractivity contribution in [1.29, 1.82) is 0 Å². The number of rotatable bonds is 4. The van der Waals surface area contributed by atoms with Crippen molar-refractivity contribution in [3.05, 3.63) is 33.8 Å². The van der Waals surface area contributed by atoms with Crippen molar-refractivity contribution >= 4 is 41.1 Å². The van der Waals surface area contributed by atoms with Crippen LogP contribution in [0.15, 0.2) is 18.2 Å². The first-order valence-corrected chi connectivity index (χ1v) is 11.5. The normalized spacial score (nSPS) is 25.4. The summed E-state index contributed by atoms with van der Waals surface area (Å²) in [5.74, 6) is -0.102. The van der Waals surface area contributed by atoms with Crippen molar-refractivity contribution in [2.75, 3.05) is 26.2 Å². The molecular formula is C22H27Cl2N3O4. The summed E-state index contributed by atoms with van der Waals surface area (Å²) in [4.78, 5) is 40.7. The van der Waals surface area contributed by atoms with Gasteiger partial charge in [0.2, 0.25) is 11.8 Å². The average molecular weight is 468 g/mol. The second-order valence-electron chi connectivity index (χ2n) is 9.21. The van der Waals surface area contributed by atoms with Gasteiger partial charge in [0, 0.05) is 43.4 Å². The maximum atomic E-state index is 13.2. The second kappa shape index (κ2) is 8.51. The molecule has 2 atom stereocenters. The molecule has 0 radical (unpaired) electrons. The van der Waals surface area contributed by atoms with Crippen LogP contribution in [0.3, 0.4) is 0 Å². The Hall–Kier alpha value is -1.99. The first-order chi connectivity index (χ1) is 14.7. The number of nitrogens with one attached hydrogen (secondary N) is 1. The minimum atomic E-state index is -1.12. The number of hydrogen-bond donors (Lipinski definition) is 2. The number of carbonyl (C=O) groups is 3. The monoisotopic (exact) mass is 467 g/mol. The Morgan fingerprint density at radius 1 is 1.06 bits per heavy atom. The molecule has 1 aromatic rings. The van der Waals surface area contributed by atoms with Crippen molar-refractivity contribution in [3.8, 4) is 0 Å².